The lowest BCUT2D eigenvalue weighted by molar-refractivity contribution is 0.640. The van der Waals surface area contributed by atoms with Crippen LogP contribution in [0.1, 0.15) is 175 Å². The highest BCUT2D eigenvalue weighted by atomic mass is 15.0. The molecule has 2 N–H and O–H groups in total. The van der Waals surface area contributed by atoms with Crippen molar-refractivity contribution in [2.24, 2.45) is 0 Å². The van der Waals surface area contributed by atoms with Crippen LogP contribution in [0.5, 0.6) is 0 Å². The van der Waals surface area contributed by atoms with Gasteiger partial charge in [-0.05, 0) is 80.0 Å². The monoisotopic (exact) mass is 616 g/mol. The second-order valence-corrected chi connectivity index (χ2v) is 15.1. The van der Waals surface area contributed by atoms with Crippen LogP contribution in [-0.4, -0.2) is 0 Å². The van der Waals surface area contributed by atoms with Gasteiger partial charge in [0.15, 0.2) is 0 Å². The van der Waals surface area contributed by atoms with Gasteiger partial charge in [0.1, 0.15) is 0 Å². The first-order chi connectivity index (χ1) is 21.8. The summed E-state index contributed by atoms with van der Waals surface area (Å²) in [6, 6.07) is 31.9. The van der Waals surface area contributed by atoms with E-state index < -0.39 is 0 Å². The first kappa shape index (κ1) is 35.3. The number of hydrogen-bond donors (Lipinski definition) is 2. The lowest BCUT2D eigenvalue weighted by Gasteiger charge is -2.36. The zero-order valence-electron chi connectivity index (χ0n) is 30.7. The molecule has 4 rings (SSSR count). The van der Waals surface area contributed by atoms with Crippen LogP contribution in [0.4, 0.5) is 11.4 Å². The molecule has 0 saturated carbocycles. The predicted octanol–water partition coefficient (Wildman–Crippen LogP) is 13.4. The minimum absolute atomic E-state index is 0.0201. The zero-order valence-corrected chi connectivity index (χ0v) is 30.7. The molecule has 2 nitrogen and oxygen atoms in total. The normalized spacial score (nSPS) is 13.3. The molecule has 0 unspecified atom stereocenters. The summed E-state index contributed by atoms with van der Waals surface area (Å²) in [7, 11) is 0. The molecule has 0 saturated heterocycles. The van der Waals surface area contributed by atoms with Gasteiger partial charge >= 0.3 is 0 Å². The van der Waals surface area contributed by atoms with Crippen LogP contribution < -0.4 is 10.6 Å². The Morgan fingerprint density at radius 3 is 0.804 bits per heavy atom. The van der Waals surface area contributed by atoms with Crippen molar-refractivity contribution in [1.82, 2.24) is 0 Å². The van der Waals surface area contributed by atoms with E-state index in [1.165, 1.54) is 55.9 Å². The summed E-state index contributed by atoms with van der Waals surface area (Å²) >= 11 is 0. The van der Waals surface area contributed by atoms with Crippen molar-refractivity contribution in [3.8, 4) is 0 Å². The number of hydrogen-bond acceptors (Lipinski definition) is 2. The zero-order chi connectivity index (χ0) is 33.7. The molecule has 2 heteroatoms. The van der Waals surface area contributed by atoms with Crippen molar-refractivity contribution >= 4 is 11.4 Å². The standard InChI is InChI=1S/C44H60N2/c1-27(2)35-23-37(29(5)6)43(38(24-35)30(7)8)45-41(33-19-15-13-16-20-33)42(34-21-17-14-18-22-34)46-44-39(31(9)10)25-36(28(3)4)26-40(44)32(11)12/h13-32,41-42,45-46H,1-12H3/t41-,42-/m0/s1. The van der Waals surface area contributed by atoms with E-state index in [1.54, 1.807) is 0 Å². The van der Waals surface area contributed by atoms with E-state index in [-0.39, 0.29) is 12.1 Å². The molecule has 46 heavy (non-hydrogen) atoms. The number of nitrogens with one attached hydrogen (secondary N) is 2. The maximum atomic E-state index is 4.24. The Labute approximate surface area is 281 Å². The van der Waals surface area contributed by atoms with Gasteiger partial charge in [-0.15, -0.1) is 0 Å². The molecule has 4 aromatic rings. The molecule has 2 atom stereocenters. The summed E-state index contributed by atoms with van der Waals surface area (Å²) in [5.41, 5.74) is 13.5. The van der Waals surface area contributed by atoms with E-state index in [2.05, 4.69) is 179 Å². The van der Waals surface area contributed by atoms with Crippen molar-refractivity contribution in [1.29, 1.82) is 0 Å². The molecule has 4 aromatic carbocycles. The van der Waals surface area contributed by atoms with Crippen molar-refractivity contribution in [2.75, 3.05) is 10.6 Å². The Morgan fingerprint density at radius 1 is 0.326 bits per heavy atom. The van der Waals surface area contributed by atoms with Crippen molar-refractivity contribution < 1.29 is 0 Å². The Hall–Kier alpha value is -3.52. The Morgan fingerprint density at radius 2 is 0.587 bits per heavy atom. The molecule has 0 bridgehead atoms. The molecule has 0 radical (unpaired) electrons. The van der Waals surface area contributed by atoms with Crippen molar-refractivity contribution in [3.05, 3.63) is 129 Å². The second-order valence-electron chi connectivity index (χ2n) is 15.1. The first-order valence-electron chi connectivity index (χ1n) is 17.8. The van der Waals surface area contributed by atoms with Crippen LogP contribution in [0, 0.1) is 0 Å². The molecule has 0 aromatic heterocycles. The summed E-state index contributed by atoms with van der Waals surface area (Å²) in [6.45, 7) is 27.9. The highest BCUT2D eigenvalue weighted by Gasteiger charge is 2.30. The van der Waals surface area contributed by atoms with E-state index in [4.69, 9.17) is 0 Å². The fourth-order valence-corrected chi connectivity index (χ4v) is 6.59. The summed E-state index contributed by atoms with van der Waals surface area (Å²) in [4.78, 5) is 0. The topological polar surface area (TPSA) is 24.1 Å². The number of rotatable bonds is 13. The Kier molecular flexibility index (Phi) is 11.8. The van der Waals surface area contributed by atoms with Gasteiger partial charge in [-0.3, -0.25) is 0 Å². The van der Waals surface area contributed by atoms with Gasteiger partial charge in [0.2, 0.25) is 0 Å². The Balaban J connectivity index is 2.01. The lowest BCUT2D eigenvalue weighted by atomic mass is 9.84. The van der Waals surface area contributed by atoms with Gasteiger partial charge < -0.3 is 10.6 Å². The molecule has 246 valence electrons. The summed E-state index contributed by atoms with van der Waals surface area (Å²) in [5, 5.41) is 8.49. The van der Waals surface area contributed by atoms with E-state index in [9.17, 15) is 0 Å². The van der Waals surface area contributed by atoms with E-state index in [0.717, 1.165) is 0 Å². The Bertz CT molecular complexity index is 1370. The van der Waals surface area contributed by atoms with Gasteiger partial charge in [0.25, 0.3) is 0 Å². The van der Waals surface area contributed by atoms with E-state index in [1.807, 2.05) is 0 Å². The van der Waals surface area contributed by atoms with E-state index >= 15 is 0 Å². The third-order valence-corrected chi connectivity index (χ3v) is 9.52. The van der Waals surface area contributed by atoms with Gasteiger partial charge in [0.05, 0.1) is 12.1 Å². The van der Waals surface area contributed by atoms with Crippen LogP contribution in [0.25, 0.3) is 0 Å². The largest absolute Gasteiger partial charge is 0.375 e. The van der Waals surface area contributed by atoms with Crippen LogP contribution in [0.15, 0.2) is 84.9 Å². The molecule has 0 fully saturated rings. The van der Waals surface area contributed by atoms with Crippen LogP contribution >= 0.6 is 0 Å². The fraction of sp³-hybridized carbons (Fsp3) is 0.455. The minimum Gasteiger partial charge on any atom is -0.375 e. The molecule has 0 amide bonds. The predicted molar refractivity (Wildman–Crippen MR) is 203 cm³/mol. The fourth-order valence-electron chi connectivity index (χ4n) is 6.59. The molecular formula is C44H60N2. The minimum atomic E-state index is -0.0201. The maximum Gasteiger partial charge on any atom is 0.0757 e. The van der Waals surface area contributed by atoms with E-state index in [0.29, 0.717) is 35.5 Å². The SMILES string of the molecule is CC(C)c1cc(C(C)C)c(N[C@@H](c2ccccc2)[C@@H](Nc2c(C(C)C)cc(C(C)C)cc2C(C)C)c2ccccc2)c(C(C)C)c1. The maximum absolute atomic E-state index is 4.24. The van der Waals surface area contributed by atoms with Crippen molar-refractivity contribution in [3.63, 3.8) is 0 Å². The molecule has 0 aliphatic heterocycles. The average Bonchev–Trinajstić information content (AvgIpc) is 3.02. The highest BCUT2D eigenvalue weighted by molar-refractivity contribution is 5.66. The van der Waals surface area contributed by atoms with Gasteiger partial charge in [-0.25, -0.2) is 0 Å². The molecule has 0 aliphatic carbocycles. The highest BCUT2D eigenvalue weighted by Crippen LogP contribution is 2.44. The average molecular weight is 617 g/mol. The molecule has 0 heterocycles. The number of benzene rings is 4. The van der Waals surface area contributed by atoms with Gasteiger partial charge in [0, 0.05) is 11.4 Å². The van der Waals surface area contributed by atoms with Crippen LogP contribution in [0.3, 0.4) is 0 Å². The third kappa shape index (κ3) is 8.06. The van der Waals surface area contributed by atoms with Gasteiger partial charge in [-0.2, -0.15) is 0 Å². The van der Waals surface area contributed by atoms with Crippen LogP contribution in [0.2, 0.25) is 0 Å². The lowest BCUT2D eigenvalue weighted by Crippen LogP contribution is -2.28. The van der Waals surface area contributed by atoms with Crippen molar-refractivity contribution in [2.45, 2.75) is 131 Å². The summed E-state index contributed by atoms with van der Waals surface area (Å²) in [5.74, 6) is 2.52. The van der Waals surface area contributed by atoms with Crippen LogP contribution in [-0.2, 0) is 0 Å². The smallest absolute Gasteiger partial charge is 0.0757 e. The summed E-state index contributed by atoms with van der Waals surface area (Å²) in [6.07, 6.45) is 0. The molecule has 0 spiro atoms. The quantitative estimate of drug-likeness (QED) is 0.156. The van der Waals surface area contributed by atoms with Gasteiger partial charge in [-0.1, -0.05) is 168 Å². The number of anilines is 2. The summed E-state index contributed by atoms with van der Waals surface area (Å²) < 4.78 is 0. The third-order valence-electron chi connectivity index (χ3n) is 9.52. The molecule has 0 aliphatic rings. The first-order valence-corrected chi connectivity index (χ1v) is 17.8. The second kappa shape index (κ2) is 15.4. The molecular weight excluding hydrogens is 556 g/mol.